The molecule has 88 valence electrons. The standard InChI is InChI=1S/C13H16N4/c1-10-9-15-12-3-2-11(8-13(12)16-10)17-6-4-14-5-7-17/h2-3,8-9,14H,4-7H2,1H3. The van der Waals surface area contributed by atoms with Gasteiger partial charge < -0.3 is 10.2 Å². The van der Waals surface area contributed by atoms with Gasteiger partial charge in [0.25, 0.3) is 0 Å². The van der Waals surface area contributed by atoms with Gasteiger partial charge in [-0.3, -0.25) is 4.98 Å². The second-order valence-corrected chi connectivity index (χ2v) is 4.42. The third kappa shape index (κ3) is 2.08. The van der Waals surface area contributed by atoms with Crippen molar-refractivity contribution in [1.82, 2.24) is 15.3 Å². The molecule has 0 spiro atoms. The zero-order valence-corrected chi connectivity index (χ0v) is 9.98. The molecule has 1 saturated heterocycles. The lowest BCUT2D eigenvalue weighted by Gasteiger charge is -2.29. The van der Waals surface area contributed by atoms with Crippen LogP contribution in [0, 0.1) is 6.92 Å². The first-order chi connectivity index (χ1) is 8.33. The van der Waals surface area contributed by atoms with E-state index in [2.05, 4.69) is 38.4 Å². The Kier molecular flexibility index (Phi) is 2.65. The number of rotatable bonds is 1. The van der Waals surface area contributed by atoms with E-state index in [1.165, 1.54) is 5.69 Å². The third-order valence-electron chi connectivity index (χ3n) is 3.13. The number of hydrogen-bond acceptors (Lipinski definition) is 4. The van der Waals surface area contributed by atoms with Gasteiger partial charge in [0.15, 0.2) is 0 Å². The van der Waals surface area contributed by atoms with Crippen molar-refractivity contribution in [3.05, 3.63) is 30.1 Å². The second-order valence-electron chi connectivity index (χ2n) is 4.42. The van der Waals surface area contributed by atoms with Crippen molar-refractivity contribution < 1.29 is 0 Å². The van der Waals surface area contributed by atoms with Crippen LogP contribution in [0.2, 0.25) is 0 Å². The van der Waals surface area contributed by atoms with E-state index < -0.39 is 0 Å². The average Bonchev–Trinajstić information content (AvgIpc) is 2.39. The molecule has 3 rings (SSSR count). The summed E-state index contributed by atoms with van der Waals surface area (Å²) < 4.78 is 0. The van der Waals surface area contributed by atoms with Gasteiger partial charge in [0.05, 0.1) is 16.7 Å². The molecule has 0 radical (unpaired) electrons. The maximum Gasteiger partial charge on any atom is 0.0910 e. The van der Waals surface area contributed by atoms with Crippen LogP contribution >= 0.6 is 0 Å². The van der Waals surface area contributed by atoms with Gasteiger partial charge in [0.1, 0.15) is 0 Å². The van der Waals surface area contributed by atoms with Crippen molar-refractivity contribution in [2.45, 2.75) is 6.92 Å². The highest BCUT2D eigenvalue weighted by Crippen LogP contribution is 2.20. The quantitative estimate of drug-likeness (QED) is 0.800. The van der Waals surface area contributed by atoms with Crippen LogP contribution in [0.1, 0.15) is 5.69 Å². The molecule has 1 aliphatic rings. The molecule has 1 aromatic heterocycles. The van der Waals surface area contributed by atoms with Crippen LogP contribution in [0.5, 0.6) is 0 Å². The maximum atomic E-state index is 4.53. The molecule has 4 heteroatoms. The summed E-state index contributed by atoms with van der Waals surface area (Å²) in [7, 11) is 0. The van der Waals surface area contributed by atoms with E-state index in [4.69, 9.17) is 0 Å². The van der Waals surface area contributed by atoms with Crippen LogP contribution in [0.15, 0.2) is 24.4 Å². The number of aromatic nitrogens is 2. The van der Waals surface area contributed by atoms with Gasteiger partial charge in [0, 0.05) is 38.1 Å². The van der Waals surface area contributed by atoms with Gasteiger partial charge >= 0.3 is 0 Å². The summed E-state index contributed by atoms with van der Waals surface area (Å²) in [5, 5.41) is 3.36. The molecule has 2 aromatic rings. The van der Waals surface area contributed by atoms with Crippen LogP contribution < -0.4 is 10.2 Å². The number of anilines is 1. The minimum absolute atomic E-state index is 0.967. The predicted molar refractivity (Wildman–Crippen MR) is 69.4 cm³/mol. The summed E-state index contributed by atoms with van der Waals surface area (Å²) in [5.41, 5.74) is 4.17. The Morgan fingerprint density at radius 1 is 1.18 bits per heavy atom. The van der Waals surface area contributed by atoms with Crippen molar-refractivity contribution in [1.29, 1.82) is 0 Å². The van der Waals surface area contributed by atoms with Gasteiger partial charge in [-0.25, -0.2) is 4.98 Å². The lowest BCUT2D eigenvalue weighted by molar-refractivity contribution is 0.589. The number of nitrogens with zero attached hydrogens (tertiary/aromatic N) is 3. The molecule has 2 heterocycles. The summed E-state index contributed by atoms with van der Waals surface area (Å²) in [6.45, 7) is 6.20. The Bertz CT molecular complexity index is 532. The Balaban J connectivity index is 1.99. The minimum atomic E-state index is 0.967. The lowest BCUT2D eigenvalue weighted by atomic mass is 10.2. The Labute approximate surface area is 101 Å². The topological polar surface area (TPSA) is 41.1 Å². The van der Waals surface area contributed by atoms with E-state index in [1.54, 1.807) is 0 Å². The number of fused-ring (bicyclic) bond motifs is 1. The smallest absolute Gasteiger partial charge is 0.0910 e. The number of hydrogen-bond donors (Lipinski definition) is 1. The molecule has 1 aromatic carbocycles. The molecule has 0 saturated carbocycles. The molecule has 0 aliphatic carbocycles. The normalized spacial score (nSPS) is 16.4. The Hall–Kier alpha value is -1.68. The van der Waals surface area contributed by atoms with E-state index in [1.807, 2.05) is 13.1 Å². The van der Waals surface area contributed by atoms with Crippen LogP contribution in [-0.4, -0.2) is 36.1 Å². The largest absolute Gasteiger partial charge is 0.369 e. The summed E-state index contributed by atoms with van der Waals surface area (Å²) in [5.74, 6) is 0. The van der Waals surface area contributed by atoms with Crippen LogP contribution in [0.4, 0.5) is 5.69 Å². The van der Waals surface area contributed by atoms with Crippen LogP contribution in [0.25, 0.3) is 11.0 Å². The fraction of sp³-hybridized carbons (Fsp3) is 0.385. The molecule has 0 atom stereocenters. The van der Waals surface area contributed by atoms with Crippen molar-refractivity contribution in [3.8, 4) is 0 Å². The molecule has 1 aliphatic heterocycles. The van der Waals surface area contributed by atoms with E-state index >= 15 is 0 Å². The van der Waals surface area contributed by atoms with E-state index in [0.717, 1.165) is 42.9 Å². The van der Waals surface area contributed by atoms with E-state index in [-0.39, 0.29) is 0 Å². The highest BCUT2D eigenvalue weighted by molar-refractivity contribution is 5.78. The molecular weight excluding hydrogens is 212 g/mol. The number of nitrogens with one attached hydrogen (secondary N) is 1. The fourth-order valence-corrected chi connectivity index (χ4v) is 2.21. The maximum absolute atomic E-state index is 4.53. The number of aryl methyl sites for hydroxylation is 1. The van der Waals surface area contributed by atoms with Gasteiger partial charge in [-0.05, 0) is 25.1 Å². The molecule has 0 amide bonds. The number of piperazine rings is 1. The van der Waals surface area contributed by atoms with Gasteiger partial charge in [-0.1, -0.05) is 0 Å². The summed E-state index contributed by atoms with van der Waals surface area (Å²) in [6, 6.07) is 6.33. The lowest BCUT2D eigenvalue weighted by Crippen LogP contribution is -2.43. The molecule has 17 heavy (non-hydrogen) atoms. The first-order valence-corrected chi connectivity index (χ1v) is 6.02. The van der Waals surface area contributed by atoms with Crippen molar-refractivity contribution >= 4 is 16.7 Å². The predicted octanol–water partition coefficient (Wildman–Crippen LogP) is 1.35. The summed E-state index contributed by atoms with van der Waals surface area (Å²) in [6.07, 6.45) is 1.81. The van der Waals surface area contributed by atoms with Crippen LogP contribution in [0.3, 0.4) is 0 Å². The molecular formula is C13H16N4. The third-order valence-corrected chi connectivity index (χ3v) is 3.13. The molecule has 1 fully saturated rings. The average molecular weight is 228 g/mol. The second kappa shape index (κ2) is 4.30. The Morgan fingerprint density at radius 3 is 2.82 bits per heavy atom. The van der Waals surface area contributed by atoms with Crippen molar-refractivity contribution in [3.63, 3.8) is 0 Å². The van der Waals surface area contributed by atoms with Crippen molar-refractivity contribution in [2.75, 3.05) is 31.1 Å². The summed E-state index contributed by atoms with van der Waals surface area (Å²) >= 11 is 0. The molecule has 4 nitrogen and oxygen atoms in total. The minimum Gasteiger partial charge on any atom is -0.369 e. The van der Waals surface area contributed by atoms with Crippen LogP contribution in [-0.2, 0) is 0 Å². The highest BCUT2D eigenvalue weighted by atomic mass is 15.2. The van der Waals surface area contributed by atoms with Gasteiger partial charge in [0.2, 0.25) is 0 Å². The molecule has 0 bridgehead atoms. The van der Waals surface area contributed by atoms with Crippen molar-refractivity contribution in [2.24, 2.45) is 0 Å². The first kappa shape index (κ1) is 10.5. The van der Waals surface area contributed by atoms with E-state index in [9.17, 15) is 0 Å². The first-order valence-electron chi connectivity index (χ1n) is 6.02. The number of benzene rings is 1. The van der Waals surface area contributed by atoms with E-state index in [0.29, 0.717) is 0 Å². The zero-order chi connectivity index (χ0) is 11.7. The molecule has 1 N–H and O–H groups in total. The monoisotopic (exact) mass is 228 g/mol. The highest BCUT2D eigenvalue weighted by Gasteiger charge is 2.11. The van der Waals surface area contributed by atoms with Gasteiger partial charge in [-0.2, -0.15) is 0 Å². The Morgan fingerprint density at radius 2 is 2.00 bits per heavy atom. The molecule has 0 unspecified atom stereocenters. The van der Waals surface area contributed by atoms with Gasteiger partial charge in [-0.15, -0.1) is 0 Å². The fourth-order valence-electron chi connectivity index (χ4n) is 2.21. The summed E-state index contributed by atoms with van der Waals surface area (Å²) in [4.78, 5) is 11.3. The zero-order valence-electron chi connectivity index (χ0n) is 9.98. The SMILES string of the molecule is Cc1cnc2ccc(N3CCNCC3)cc2n1.